The molecule has 0 spiro atoms. The predicted molar refractivity (Wildman–Crippen MR) is 104 cm³/mol. The van der Waals surface area contributed by atoms with Crippen LogP contribution in [0.1, 0.15) is 35.7 Å². The van der Waals surface area contributed by atoms with E-state index in [-0.39, 0.29) is 0 Å². The zero-order valence-electron chi connectivity index (χ0n) is 13.9. The number of carbonyl (C=O) groups excluding carboxylic acids is 1. The molecule has 0 radical (unpaired) electrons. The Balaban J connectivity index is 1.87. The highest BCUT2D eigenvalue weighted by molar-refractivity contribution is 6.40. The van der Waals surface area contributed by atoms with E-state index in [4.69, 9.17) is 27.9 Å². The first-order valence-electron chi connectivity index (χ1n) is 8.28. The summed E-state index contributed by atoms with van der Waals surface area (Å²) in [4.78, 5) is 12.5. The van der Waals surface area contributed by atoms with E-state index in [2.05, 4.69) is 6.92 Å². The van der Waals surface area contributed by atoms with E-state index in [0.29, 0.717) is 26.7 Å². The second-order valence-corrected chi connectivity index (χ2v) is 6.72. The lowest BCUT2D eigenvalue weighted by Crippen LogP contribution is -2.09. The molecular weight excluding hydrogens is 355 g/mol. The van der Waals surface area contributed by atoms with Crippen molar-refractivity contribution in [3.05, 3.63) is 75.8 Å². The zero-order chi connectivity index (χ0) is 17.8. The Hall–Kier alpha value is -2.03. The van der Waals surface area contributed by atoms with Gasteiger partial charge in [-0.25, -0.2) is 4.79 Å². The minimum absolute atomic E-state index is 0.316. The molecule has 25 heavy (non-hydrogen) atoms. The number of halogens is 2. The number of benzene rings is 3. The van der Waals surface area contributed by atoms with E-state index in [1.165, 1.54) is 5.56 Å². The van der Waals surface area contributed by atoms with Crippen molar-refractivity contribution < 1.29 is 9.53 Å². The molecule has 0 unspecified atom stereocenters. The summed E-state index contributed by atoms with van der Waals surface area (Å²) in [5, 5.41) is 2.36. The molecule has 0 saturated heterocycles. The fourth-order valence-corrected chi connectivity index (χ4v) is 3.30. The van der Waals surface area contributed by atoms with Crippen molar-refractivity contribution in [2.45, 2.75) is 26.2 Å². The third kappa shape index (κ3) is 3.97. The Labute approximate surface area is 157 Å². The van der Waals surface area contributed by atoms with Crippen LogP contribution in [0.5, 0.6) is 5.75 Å². The zero-order valence-corrected chi connectivity index (χ0v) is 15.4. The number of carbonyl (C=O) groups is 1. The van der Waals surface area contributed by atoms with Crippen LogP contribution in [-0.4, -0.2) is 5.97 Å². The topological polar surface area (TPSA) is 26.3 Å². The van der Waals surface area contributed by atoms with Gasteiger partial charge in [-0.2, -0.15) is 0 Å². The van der Waals surface area contributed by atoms with E-state index < -0.39 is 5.97 Å². The maximum atomic E-state index is 12.5. The molecule has 0 bridgehead atoms. The molecule has 0 aliphatic heterocycles. The van der Waals surface area contributed by atoms with Gasteiger partial charge in [-0.05, 0) is 36.6 Å². The molecule has 0 amide bonds. The smallest absolute Gasteiger partial charge is 0.343 e. The summed E-state index contributed by atoms with van der Waals surface area (Å²) in [6, 6.07) is 16.6. The molecule has 4 heteroatoms. The average molecular weight is 373 g/mol. The number of ether oxygens (including phenoxy) is 1. The van der Waals surface area contributed by atoms with Crippen LogP contribution in [0.25, 0.3) is 10.8 Å². The van der Waals surface area contributed by atoms with Crippen LogP contribution in [0.4, 0.5) is 0 Å². The van der Waals surface area contributed by atoms with Crippen molar-refractivity contribution in [2.75, 3.05) is 0 Å². The van der Waals surface area contributed by atoms with Gasteiger partial charge < -0.3 is 4.74 Å². The molecule has 0 N–H and O–H groups in total. The van der Waals surface area contributed by atoms with Crippen LogP contribution in [0.3, 0.4) is 0 Å². The summed E-state index contributed by atoms with van der Waals surface area (Å²) in [5.41, 5.74) is 1.71. The van der Waals surface area contributed by atoms with Crippen molar-refractivity contribution in [3.63, 3.8) is 0 Å². The highest BCUT2D eigenvalue weighted by Gasteiger charge is 2.16. The molecular formula is C21H18Cl2O2. The molecule has 3 aromatic rings. The second-order valence-electron chi connectivity index (χ2n) is 5.90. The van der Waals surface area contributed by atoms with Crippen molar-refractivity contribution in [3.8, 4) is 5.75 Å². The van der Waals surface area contributed by atoms with Crippen LogP contribution in [0.15, 0.2) is 54.6 Å². The van der Waals surface area contributed by atoms with E-state index in [1.807, 2.05) is 36.4 Å². The molecule has 0 atom stereocenters. The fraction of sp³-hybridized carbons (Fsp3) is 0.190. The third-order valence-electron chi connectivity index (χ3n) is 4.10. The number of unbranched alkanes of at least 4 members (excludes halogenated alkanes) is 1. The lowest BCUT2D eigenvalue weighted by molar-refractivity contribution is 0.0737. The first kappa shape index (κ1) is 17.8. The quantitative estimate of drug-likeness (QED) is 0.367. The van der Waals surface area contributed by atoms with Gasteiger partial charge in [-0.1, -0.05) is 72.9 Å². The molecule has 0 fully saturated rings. The van der Waals surface area contributed by atoms with Crippen molar-refractivity contribution >= 4 is 39.9 Å². The molecule has 0 saturated carbocycles. The lowest BCUT2D eigenvalue weighted by Gasteiger charge is -2.11. The predicted octanol–water partition coefficient (Wildman–Crippen LogP) is 6.71. The molecule has 2 nitrogen and oxygen atoms in total. The molecule has 0 aliphatic rings. The van der Waals surface area contributed by atoms with Gasteiger partial charge in [0, 0.05) is 10.8 Å². The van der Waals surface area contributed by atoms with Gasteiger partial charge in [0.1, 0.15) is 0 Å². The van der Waals surface area contributed by atoms with Crippen molar-refractivity contribution in [1.29, 1.82) is 0 Å². The largest absolute Gasteiger partial charge is 0.421 e. The first-order chi connectivity index (χ1) is 12.1. The minimum atomic E-state index is -0.434. The van der Waals surface area contributed by atoms with Gasteiger partial charge >= 0.3 is 5.97 Å². The Kier molecular flexibility index (Phi) is 5.62. The van der Waals surface area contributed by atoms with Gasteiger partial charge in [-0.15, -0.1) is 0 Å². The van der Waals surface area contributed by atoms with Crippen molar-refractivity contribution in [2.24, 2.45) is 0 Å². The van der Waals surface area contributed by atoms with E-state index in [0.717, 1.165) is 24.6 Å². The normalized spacial score (nSPS) is 10.8. The number of aryl methyl sites for hydroxylation is 1. The number of fused-ring (bicyclic) bond motifs is 1. The third-order valence-corrected chi connectivity index (χ3v) is 4.70. The van der Waals surface area contributed by atoms with E-state index in [9.17, 15) is 4.79 Å². The summed E-state index contributed by atoms with van der Waals surface area (Å²) in [7, 11) is 0. The van der Waals surface area contributed by atoms with Gasteiger partial charge in [0.25, 0.3) is 0 Å². The number of hydrogen-bond acceptors (Lipinski definition) is 2. The number of hydrogen-bond donors (Lipinski definition) is 0. The van der Waals surface area contributed by atoms with Crippen LogP contribution in [-0.2, 0) is 6.42 Å². The Morgan fingerprint density at radius 1 is 0.960 bits per heavy atom. The number of rotatable bonds is 5. The van der Waals surface area contributed by atoms with E-state index in [1.54, 1.807) is 18.2 Å². The van der Waals surface area contributed by atoms with Gasteiger partial charge in [0.2, 0.25) is 0 Å². The molecule has 0 aliphatic carbocycles. The lowest BCUT2D eigenvalue weighted by atomic mass is 10.1. The molecule has 0 aromatic heterocycles. The fourth-order valence-electron chi connectivity index (χ4n) is 2.72. The second kappa shape index (κ2) is 7.90. The summed E-state index contributed by atoms with van der Waals surface area (Å²) >= 11 is 12.5. The van der Waals surface area contributed by atoms with Gasteiger partial charge in [-0.3, -0.25) is 0 Å². The summed E-state index contributed by atoms with van der Waals surface area (Å²) in [5.74, 6) is -0.0989. The molecule has 0 heterocycles. The van der Waals surface area contributed by atoms with Crippen LogP contribution in [0, 0.1) is 0 Å². The molecule has 128 valence electrons. The standard InChI is InChI=1S/C21H18Cl2O2/c1-2-3-6-14-9-11-15(12-10-14)21(24)25-20-17-8-5-4-7-16(17)18(22)13-19(20)23/h4-5,7-13H,2-3,6H2,1H3. The van der Waals surface area contributed by atoms with Gasteiger partial charge in [0.15, 0.2) is 5.75 Å². The Morgan fingerprint density at radius 3 is 2.32 bits per heavy atom. The summed E-state index contributed by atoms with van der Waals surface area (Å²) in [6.45, 7) is 2.16. The first-order valence-corrected chi connectivity index (χ1v) is 9.03. The maximum absolute atomic E-state index is 12.5. The van der Waals surface area contributed by atoms with Crippen LogP contribution < -0.4 is 4.74 Å². The Bertz CT molecular complexity index is 902. The van der Waals surface area contributed by atoms with Crippen LogP contribution in [0.2, 0.25) is 10.0 Å². The van der Waals surface area contributed by atoms with E-state index >= 15 is 0 Å². The van der Waals surface area contributed by atoms with Gasteiger partial charge in [0.05, 0.1) is 15.6 Å². The minimum Gasteiger partial charge on any atom is -0.421 e. The Morgan fingerprint density at radius 2 is 1.64 bits per heavy atom. The SMILES string of the molecule is CCCCc1ccc(C(=O)Oc2c(Cl)cc(Cl)c3ccccc23)cc1. The summed E-state index contributed by atoms with van der Waals surface area (Å²) in [6.07, 6.45) is 3.29. The van der Waals surface area contributed by atoms with Crippen molar-refractivity contribution in [1.82, 2.24) is 0 Å². The summed E-state index contributed by atoms with van der Waals surface area (Å²) < 4.78 is 5.59. The monoisotopic (exact) mass is 372 g/mol. The molecule has 3 aromatic carbocycles. The average Bonchev–Trinajstić information content (AvgIpc) is 2.63. The molecule has 3 rings (SSSR count). The highest BCUT2D eigenvalue weighted by atomic mass is 35.5. The number of esters is 1. The highest BCUT2D eigenvalue weighted by Crippen LogP contribution is 2.38. The van der Waals surface area contributed by atoms with Crippen LogP contribution >= 0.6 is 23.2 Å². The maximum Gasteiger partial charge on any atom is 0.343 e.